The highest BCUT2D eigenvalue weighted by molar-refractivity contribution is 6.07. The molecule has 0 saturated heterocycles. The number of fused-ring (bicyclic) bond motifs is 2. The molecular weight excluding hydrogens is 414 g/mol. The molecule has 0 saturated carbocycles. The van der Waals surface area contributed by atoms with E-state index in [4.69, 9.17) is 0 Å². The van der Waals surface area contributed by atoms with E-state index in [1.165, 1.54) is 6.33 Å². The van der Waals surface area contributed by atoms with E-state index < -0.39 is 0 Å². The second kappa shape index (κ2) is 7.83. The summed E-state index contributed by atoms with van der Waals surface area (Å²) in [6.07, 6.45) is 7.37. The van der Waals surface area contributed by atoms with Crippen LogP contribution in [0.2, 0.25) is 0 Å². The van der Waals surface area contributed by atoms with E-state index in [-0.39, 0.29) is 5.91 Å². The van der Waals surface area contributed by atoms with Crippen molar-refractivity contribution in [2.75, 3.05) is 16.8 Å². The van der Waals surface area contributed by atoms with Crippen LogP contribution in [0.1, 0.15) is 15.9 Å². The Balaban J connectivity index is 1.29. The van der Waals surface area contributed by atoms with Crippen LogP contribution in [0.3, 0.4) is 0 Å². The highest BCUT2D eigenvalue weighted by Gasteiger charge is 2.26. The van der Waals surface area contributed by atoms with Crippen molar-refractivity contribution >= 4 is 34.1 Å². The molecule has 1 amide bonds. The van der Waals surface area contributed by atoms with Gasteiger partial charge in [0, 0.05) is 30.3 Å². The van der Waals surface area contributed by atoms with E-state index >= 15 is 0 Å². The lowest BCUT2D eigenvalue weighted by molar-refractivity contribution is 0.0989. The lowest BCUT2D eigenvalue weighted by Gasteiger charge is -2.17. The van der Waals surface area contributed by atoms with Gasteiger partial charge >= 0.3 is 0 Å². The summed E-state index contributed by atoms with van der Waals surface area (Å²) in [6.45, 7) is 0.647. The van der Waals surface area contributed by atoms with Crippen LogP contribution in [0, 0.1) is 0 Å². The Kier molecular flexibility index (Phi) is 4.54. The van der Waals surface area contributed by atoms with Gasteiger partial charge in [-0.2, -0.15) is 5.10 Å². The Hall–Kier alpha value is -4.59. The molecule has 0 radical (unpaired) electrons. The molecule has 0 fully saturated rings. The van der Waals surface area contributed by atoms with Gasteiger partial charge in [0.15, 0.2) is 5.65 Å². The quantitative estimate of drug-likeness (QED) is 0.458. The maximum atomic E-state index is 12.9. The summed E-state index contributed by atoms with van der Waals surface area (Å²) in [4.78, 5) is 27.6. The molecular formula is C25H19N7O. The highest BCUT2D eigenvalue weighted by Crippen LogP contribution is 2.33. The molecule has 1 N–H and O–H groups in total. The number of carbonyl (C=O) groups excluding carboxylic acids is 1. The monoisotopic (exact) mass is 433 g/mol. The van der Waals surface area contributed by atoms with Crippen LogP contribution in [0.25, 0.3) is 16.7 Å². The predicted molar refractivity (Wildman–Crippen MR) is 126 cm³/mol. The number of carbonyl (C=O) groups is 1. The first-order chi connectivity index (χ1) is 16.3. The van der Waals surface area contributed by atoms with Crippen molar-refractivity contribution in [2.24, 2.45) is 0 Å². The third-order valence-corrected chi connectivity index (χ3v) is 5.76. The van der Waals surface area contributed by atoms with Crippen molar-refractivity contribution < 1.29 is 4.79 Å². The molecule has 1 aliphatic rings. The summed E-state index contributed by atoms with van der Waals surface area (Å²) >= 11 is 0. The average molecular weight is 433 g/mol. The second-order valence-corrected chi connectivity index (χ2v) is 7.77. The summed E-state index contributed by atoms with van der Waals surface area (Å²) in [7, 11) is 0. The Morgan fingerprint density at radius 1 is 0.970 bits per heavy atom. The van der Waals surface area contributed by atoms with Gasteiger partial charge in [-0.05, 0) is 54.4 Å². The van der Waals surface area contributed by atoms with Crippen molar-refractivity contribution in [3.8, 4) is 5.69 Å². The van der Waals surface area contributed by atoms with E-state index in [0.29, 0.717) is 17.9 Å². The number of hydrogen-bond donors (Lipinski definition) is 1. The molecule has 33 heavy (non-hydrogen) atoms. The summed E-state index contributed by atoms with van der Waals surface area (Å²) in [6, 6.07) is 19.5. The van der Waals surface area contributed by atoms with Crippen molar-refractivity contribution in [3.63, 3.8) is 0 Å². The molecule has 6 rings (SSSR count). The van der Waals surface area contributed by atoms with Gasteiger partial charge in [0.05, 0.1) is 22.8 Å². The van der Waals surface area contributed by atoms with Crippen LogP contribution in [-0.4, -0.2) is 37.2 Å². The van der Waals surface area contributed by atoms with Crippen LogP contribution in [0.15, 0.2) is 85.6 Å². The van der Waals surface area contributed by atoms with Crippen molar-refractivity contribution in [1.29, 1.82) is 0 Å². The van der Waals surface area contributed by atoms with Crippen molar-refractivity contribution in [2.45, 2.75) is 6.42 Å². The summed E-state index contributed by atoms with van der Waals surface area (Å²) < 4.78 is 1.80. The average Bonchev–Trinajstić information content (AvgIpc) is 3.49. The lowest BCUT2D eigenvalue weighted by Crippen LogP contribution is -2.28. The minimum atomic E-state index is -0.0339. The van der Waals surface area contributed by atoms with Crippen molar-refractivity contribution in [1.82, 2.24) is 24.7 Å². The van der Waals surface area contributed by atoms with Gasteiger partial charge in [0.25, 0.3) is 5.91 Å². The van der Waals surface area contributed by atoms with E-state index in [9.17, 15) is 4.79 Å². The molecule has 2 aromatic carbocycles. The van der Waals surface area contributed by atoms with Gasteiger partial charge in [-0.3, -0.25) is 9.78 Å². The molecule has 160 valence electrons. The van der Waals surface area contributed by atoms with Gasteiger partial charge < -0.3 is 10.2 Å². The fourth-order valence-electron chi connectivity index (χ4n) is 4.17. The van der Waals surface area contributed by atoms with Gasteiger partial charge in [-0.25, -0.2) is 14.6 Å². The number of para-hydroxylation sites is 1. The smallest absolute Gasteiger partial charge is 0.259 e. The normalized spacial score (nSPS) is 12.7. The third-order valence-electron chi connectivity index (χ3n) is 5.76. The molecule has 0 spiro atoms. The SMILES string of the molecule is O=C(c1cccnc1)N1CCc2cc(Nc3ncnc4c3cnn4-c3ccccc3)ccc21. The summed E-state index contributed by atoms with van der Waals surface area (Å²) in [5, 5.41) is 8.74. The Morgan fingerprint density at radius 2 is 1.88 bits per heavy atom. The lowest BCUT2D eigenvalue weighted by atomic mass is 10.1. The number of amides is 1. The number of nitrogens with zero attached hydrogens (tertiary/aromatic N) is 6. The van der Waals surface area contributed by atoms with E-state index in [0.717, 1.165) is 40.1 Å². The number of pyridine rings is 1. The molecule has 4 heterocycles. The number of anilines is 3. The van der Waals surface area contributed by atoms with Crippen LogP contribution in [0.4, 0.5) is 17.2 Å². The fraction of sp³-hybridized carbons (Fsp3) is 0.0800. The zero-order valence-electron chi connectivity index (χ0n) is 17.6. The molecule has 0 atom stereocenters. The van der Waals surface area contributed by atoms with Gasteiger partial charge in [0.1, 0.15) is 12.1 Å². The van der Waals surface area contributed by atoms with Gasteiger partial charge in [-0.15, -0.1) is 0 Å². The van der Waals surface area contributed by atoms with Gasteiger partial charge in [0.2, 0.25) is 0 Å². The van der Waals surface area contributed by atoms with Gasteiger partial charge in [-0.1, -0.05) is 18.2 Å². The van der Waals surface area contributed by atoms with Crippen LogP contribution in [-0.2, 0) is 6.42 Å². The topological polar surface area (TPSA) is 88.8 Å². The number of hydrogen-bond acceptors (Lipinski definition) is 6. The predicted octanol–water partition coefficient (Wildman–Crippen LogP) is 4.16. The number of rotatable bonds is 4. The van der Waals surface area contributed by atoms with E-state index in [2.05, 4.69) is 31.4 Å². The van der Waals surface area contributed by atoms with Crippen LogP contribution in [0.5, 0.6) is 0 Å². The Morgan fingerprint density at radius 3 is 2.73 bits per heavy atom. The number of nitrogens with one attached hydrogen (secondary N) is 1. The Bertz CT molecular complexity index is 1460. The zero-order chi connectivity index (χ0) is 22.2. The maximum absolute atomic E-state index is 12.9. The van der Waals surface area contributed by atoms with Crippen molar-refractivity contribution in [3.05, 3.63) is 96.7 Å². The molecule has 1 aliphatic heterocycles. The van der Waals surface area contributed by atoms with E-state index in [1.54, 1.807) is 35.4 Å². The zero-order valence-corrected chi connectivity index (χ0v) is 17.6. The fourth-order valence-corrected chi connectivity index (χ4v) is 4.17. The number of aromatic nitrogens is 5. The standard InChI is InChI=1S/C25H19N7O/c33-25(18-5-4-11-26-14-18)31-12-10-17-13-19(8-9-22(17)31)30-23-21-15-29-32(24(21)28-16-27-23)20-6-2-1-3-7-20/h1-9,11,13-16H,10,12H2,(H,27,28,30). The molecule has 0 aliphatic carbocycles. The maximum Gasteiger partial charge on any atom is 0.259 e. The molecule has 8 nitrogen and oxygen atoms in total. The number of benzene rings is 2. The Labute approximate surface area is 189 Å². The van der Waals surface area contributed by atoms with Crippen LogP contribution >= 0.6 is 0 Å². The minimum Gasteiger partial charge on any atom is -0.340 e. The third kappa shape index (κ3) is 3.38. The van der Waals surface area contributed by atoms with E-state index in [1.807, 2.05) is 47.4 Å². The van der Waals surface area contributed by atoms with Crippen LogP contribution < -0.4 is 10.2 Å². The minimum absolute atomic E-state index is 0.0339. The largest absolute Gasteiger partial charge is 0.340 e. The molecule has 0 unspecified atom stereocenters. The first-order valence-electron chi connectivity index (χ1n) is 10.6. The molecule has 8 heteroatoms. The molecule has 3 aromatic heterocycles. The summed E-state index contributed by atoms with van der Waals surface area (Å²) in [5.41, 5.74) is 5.20. The summed E-state index contributed by atoms with van der Waals surface area (Å²) in [5.74, 6) is 0.650. The first-order valence-corrected chi connectivity index (χ1v) is 10.6. The first kappa shape index (κ1) is 19.1. The molecule has 5 aromatic rings. The second-order valence-electron chi connectivity index (χ2n) is 7.77. The molecule has 0 bridgehead atoms. The highest BCUT2D eigenvalue weighted by atomic mass is 16.2.